The molecule has 2 aromatic heterocycles. The Morgan fingerprint density at radius 3 is 2.51 bits per heavy atom. The molecule has 0 saturated carbocycles. The number of ether oxygens (including phenoxy) is 1. The quantitative estimate of drug-likeness (QED) is 0.422. The van der Waals surface area contributed by atoms with E-state index in [0.717, 1.165) is 49.7 Å². The maximum absolute atomic E-state index is 13.4. The van der Waals surface area contributed by atoms with Gasteiger partial charge in [0.1, 0.15) is 5.75 Å². The highest BCUT2D eigenvalue weighted by molar-refractivity contribution is 5.82. The van der Waals surface area contributed by atoms with Crippen LogP contribution in [0.15, 0.2) is 60.8 Å². The van der Waals surface area contributed by atoms with E-state index in [0.29, 0.717) is 28.5 Å². The van der Waals surface area contributed by atoms with Crippen LogP contribution in [0.4, 0.5) is 30.5 Å². The van der Waals surface area contributed by atoms with Gasteiger partial charge in [0.05, 0.1) is 12.7 Å². The second kappa shape index (κ2) is 9.10. The molecule has 0 unspecified atom stereocenters. The molecule has 1 N–H and O–H groups in total. The van der Waals surface area contributed by atoms with Gasteiger partial charge in [-0.3, -0.25) is 0 Å². The lowest BCUT2D eigenvalue weighted by atomic mass is 10.0. The second-order valence-corrected chi connectivity index (χ2v) is 8.50. The van der Waals surface area contributed by atoms with E-state index in [-0.39, 0.29) is 1.43 Å². The van der Waals surface area contributed by atoms with Gasteiger partial charge in [-0.05, 0) is 55.6 Å². The van der Waals surface area contributed by atoms with E-state index in [1.165, 1.54) is 13.2 Å². The van der Waals surface area contributed by atoms with Crippen LogP contribution in [-0.2, 0) is 6.18 Å². The lowest BCUT2D eigenvalue weighted by Gasteiger charge is -2.34. The van der Waals surface area contributed by atoms with Crippen LogP contribution in [0.5, 0.6) is 5.75 Å². The number of piperazine rings is 1. The van der Waals surface area contributed by atoms with Crippen molar-refractivity contribution in [1.29, 1.82) is 0 Å². The van der Waals surface area contributed by atoms with Crippen molar-refractivity contribution < 1.29 is 19.3 Å². The minimum atomic E-state index is -4.47. The number of hydrogen-bond acceptors (Lipinski definition) is 6. The summed E-state index contributed by atoms with van der Waals surface area (Å²) in [5.41, 5.74) is 2.39. The van der Waals surface area contributed by atoms with Gasteiger partial charge in [-0.25, -0.2) is 4.52 Å². The largest absolute Gasteiger partial charge is 0.496 e. The van der Waals surface area contributed by atoms with Crippen molar-refractivity contribution in [2.24, 2.45) is 0 Å². The van der Waals surface area contributed by atoms with Gasteiger partial charge in [-0.15, -0.1) is 5.10 Å². The van der Waals surface area contributed by atoms with Crippen molar-refractivity contribution in [2.45, 2.75) is 6.18 Å². The fourth-order valence-corrected chi connectivity index (χ4v) is 4.24. The van der Waals surface area contributed by atoms with Crippen molar-refractivity contribution in [2.75, 3.05) is 50.6 Å². The van der Waals surface area contributed by atoms with Crippen LogP contribution >= 0.6 is 0 Å². The molecule has 1 aliphatic heterocycles. The van der Waals surface area contributed by atoms with Crippen molar-refractivity contribution >= 4 is 23.0 Å². The number of nitrogens with one attached hydrogen (secondary N) is 1. The average molecular weight is 485 g/mol. The summed E-state index contributed by atoms with van der Waals surface area (Å²) in [6.45, 7) is 3.92. The van der Waals surface area contributed by atoms with Crippen LogP contribution in [0, 0.1) is 0 Å². The highest BCUT2D eigenvalue weighted by Gasteiger charge is 2.31. The van der Waals surface area contributed by atoms with Gasteiger partial charge in [0, 0.05) is 56.3 Å². The molecule has 1 fully saturated rings. The summed E-state index contributed by atoms with van der Waals surface area (Å²) in [5.74, 6) is 0.669. The Labute approximate surface area is 202 Å². The topological polar surface area (TPSA) is 57.9 Å². The number of halogens is 3. The number of benzene rings is 2. The zero-order chi connectivity index (χ0) is 24.6. The van der Waals surface area contributed by atoms with Gasteiger partial charge in [-0.1, -0.05) is 6.07 Å². The SMILES string of the molecule is COc1ccc(C(F)(F)F)cc1-c1cccn2nc(Nc3cccc(N4CCN(C)CC4)c3)nc12.[HH]. The van der Waals surface area contributed by atoms with Gasteiger partial charge in [0.25, 0.3) is 0 Å². The Bertz CT molecular complexity index is 1350. The average Bonchev–Trinajstić information content (AvgIpc) is 3.26. The number of rotatable bonds is 5. The predicted molar refractivity (Wildman–Crippen MR) is 132 cm³/mol. The monoisotopic (exact) mass is 484 g/mol. The Morgan fingerprint density at radius 2 is 1.77 bits per heavy atom. The molecule has 35 heavy (non-hydrogen) atoms. The first-order valence-corrected chi connectivity index (χ1v) is 11.2. The Kier molecular flexibility index (Phi) is 5.98. The van der Waals surface area contributed by atoms with Crippen molar-refractivity contribution in [3.63, 3.8) is 0 Å². The summed E-state index contributed by atoms with van der Waals surface area (Å²) >= 11 is 0. The second-order valence-electron chi connectivity index (χ2n) is 8.50. The number of fused-ring (bicyclic) bond motifs is 1. The number of aromatic nitrogens is 3. The number of likely N-dealkylation sites (N-methyl/N-ethyl adjacent to an activating group) is 1. The molecule has 0 radical (unpaired) electrons. The number of nitrogens with zero attached hydrogens (tertiary/aromatic N) is 5. The highest BCUT2D eigenvalue weighted by atomic mass is 19.4. The smallest absolute Gasteiger partial charge is 0.416 e. The molecule has 3 heterocycles. The van der Waals surface area contributed by atoms with E-state index in [4.69, 9.17) is 4.74 Å². The number of alkyl halides is 3. The molecule has 0 bridgehead atoms. The Morgan fingerprint density at radius 1 is 0.971 bits per heavy atom. The van der Waals surface area contributed by atoms with E-state index in [2.05, 4.69) is 38.3 Å². The zero-order valence-corrected chi connectivity index (χ0v) is 19.4. The van der Waals surface area contributed by atoms with E-state index < -0.39 is 11.7 Å². The van der Waals surface area contributed by atoms with Crippen molar-refractivity contribution in [3.8, 4) is 16.9 Å². The summed E-state index contributed by atoms with van der Waals surface area (Å²) in [4.78, 5) is 9.22. The third kappa shape index (κ3) is 4.74. The molecular weight excluding hydrogens is 457 g/mol. The van der Waals surface area contributed by atoms with Crippen molar-refractivity contribution in [1.82, 2.24) is 19.5 Å². The maximum Gasteiger partial charge on any atom is 0.416 e. The molecule has 1 aliphatic rings. The minimum absolute atomic E-state index is 0. The van der Waals surface area contributed by atoms with Gasteiger partial charge in [-0.2, -0.15) is 18.2 Å². The van der Waals surface area contributed by atoms with Crippen LogP contribution < -0.4 is 15.0 Å². The van der Waals surface area contributed by atoms with E-state index in [1.807, 2.05) is 18.2 Å². The number of hydrogen-bond donors (Lipinski definition) is 1. The lowest BCUT2D eigenvalue weighted by molar-refractivity contribution is -0.137. The summed E-state index contributed by atoms with van der Waals surface area (Å²) < 4.78 is 47.0. The predicted octanol–water partition coefficient (Wildman–Crippen LogP) is 5.17. The standard InChI is InChI=1S/C25H25F3N6O.H2/c1-32-11-13-33(14-12-32)19-6-3-5-18(16-19)29-24-30-23-20(7-4-10-34(23)31-24)21-15-17(25(26,27)28)8-9-22(21)35-2;/h3-10,15-16H,11-14H2,1-2H3,(H,29,31);1H. The van der Waals surface area contributed by atoms with E-state index >= 15 is 0 Å². The third-order valence-corrected chi connectivity index (χ3v) is 6.15. The zero-order valence-electron chi connectivity index (χ0n) is 19.4. The molecule has 5 rings (SSSR count). The van der Waals surface area contributed by atoms with E-state index in [9.17, 15) is 13.2 Å². The number of methoxy groups -OCH3 is 1. The first-order valence-electron chi connectivity index (χ1n) is 11.2. The summed E-state index contributed by atoms with van der Waals surface area (Å²) in [7, 11) is 3.55. The summed E-state index contributed by atoms with van der Waals surface area (Å²) in [6, 6.07) is 14.9. The molecule has 7 nitrogen and oxygen atoms in total. The maximum atomic E-state index is 13.4. The third-order valence-electron chi connectivity index (χ3n) is 6.15. The lowest BCUT2D eigenvalue weighted by Crippen LogP contribution is -2.44. The molecule has 0 atom stereocenters. The number of pyridine rings is 1. The van der Waals surface area contributed by atoms with Gasteiger partial charge in [0.2, 0.25) is 5.95 Å². The molecule has 4 aromatic rings. The molecule has 184 valence electrons. The van der Waals surface area contributed by atoms with Gasteiger partial charge in [0.15, 0.2) is 5.65 Å². The van der Waals surface area contributed by atoms with E-state index in [1.54, 1.807) is 22.8 Å². The molecule has 10 heteroatoms. The van der Waals surface area contributed by atoms with Crippen LogP contribution in [0.1, 0.15) is 6.99 Å². The van der Waals surface area contributed by atoms with Crippen molar-refractivity contribution in [3.05, 3.63) is 66.4 Å². The van der Waals surface area contributed by atoms with Crippen LogP contribution in [-0.4, -0.2) is 59.8 Å². The summed E-state index contributed by atoms with van der Waals surface area (Å²) in [5, 5.41) is 7.72. The van der Waals surface area contributed by atoms with Gasteiger partial charge < -0.3 is 19.9 Å². The molecule has 0 aliphatic carbocycles. The molecule has 2 aromatic carbocycles. The fourth-order valence-electron chi connectivity index (χ4n) is 4.24. The van der Waals surface area contributed by atoms with Gasteiger partial charge >= 0.3 is 6.18 Å². The molecule has 0 amide bonds. The highest BCUT2D eigenvalue weighted by Crippen LogP contribution is 2.38. The number of anilines is 3. The van der Waals surface area contributed by atoms with Crippen LogP contribution in [0.3, 0.4) is 0 Å². The molecular formula is C25H27F3N6O. The normalized spacial score (nSPS) is 14.9. The summed E-state index contributed by atoms with van der Waals surface area (Å²) in [6.07, 6.45) is -2.76. The first kappa shape index (κ1) is 23.0. The molecule has 0 spiro atoms. The van der Waals surface area contributed by atoms with Crippen LogP contribution in [0.2, 0.25) is 0 Å². The first-order chi connectivity index (χ1) is 16.8. The Hall–Kier alpha value is -3.79. The minimum Gasteiger partial charge on any atom is -0.496 e. The molecule has 1 saturated heterocycles. The Balaban J connectivity index is 0.00000304. The fraction of sp³-hybridized carbons (Fsp3) is 0.280. The van der Waals surface area contributed by atoms with Crippen LogP contribution in [0.25, 0.3) is 16.8 Å².